The molecule has 1 rings (SSSR count). The van der Waals surface area contributed by atoms with Crippen molar-refractivity contribution >= 4 is 17.5 Å². The first-order valence-electron chi connectivity index (χ1n) is 5.81. The largest absolute Gasteiger partial charge is 0.345 e. The van der Waals surface area contributed by atoms with Crippen LogP contribution in [0.4, 0.5) is 5.69 Å². The van der Waals surface area contributed by atoms with E-state index < -0.39 is 0 Å². The van der Waals surface area contributed by atoms with Gasteiger partial charge in [0.15, 0.2) is 0 Å². The van der Waals surface area contributed by atoms with Crippen LogP contribution in [0.5, 0.6) is 0 Å². The Balaban J connectivity index is 2.76. The summed E-state index contributed by atoms with van der Waals surface area (Å²) in [4.78, 5) is 25.1. The van der Waals surface area contributed by atoms with Crippen LogP contribution in [0.2, 0.25) is 0 Å². The Morgan fingerprint density at radius 1 is 1.32 bits per heavy atom. The zero-order valence-corrected chi connectivity index (χ0v) is 11.1. The van der Waals surface area contributed by atoms with Crippen LogP contribution in [0, 0.1) is 12.3 Å². The smallest absolute Gasteiger partial charge is 0.255 e. The molecule has 0 aliphatic carbocycles. The molecule has 1 aromatic carbocycles. The Hall–Kier alpha value is -2.32. The lowest BCUT2D eigenvalue weighted by Gasteiger charge is -2.14. The maximum atomic E-state index is 11.9. The van der Waals surface area contributed by atoms with Crippen molar-refractivity contribution in [3.8, 4) is 12.3 Å². The lowest BCUT2D eigenvalue weighted by atomic mass is 10.1. The predicted molar refractivity (Wildman–Crippen MR) is 74.8 cm³/mol. The zero-order valence-electron chi connectivity index (χ0n) is 11.1. The highest BCUT2D eigenvalue weighted by Crippen LogP contribution is 2.16. The van der Waals surface area contributed by atoms with Gasteiger partial charge in [0.1, 0.15) is 0 Å². The van der Waals surface area contributed by atoms with E-state index in [2.05, 4.69) is 16.6 Å². The van der Waals surface area contributed by atoms with Gasteiger partial charge in [0.25, 0.3) is 5.91 Å². The summed E-state index contributed by atoms with van der Waals surface area (Å²) >= 11 is 0. The summed E-state index contributed by atoms with van der Waals surface area (Å²) in [5.41, 5.74) is 0.950. The molecule has 0 aromatic heterocycles. The summed E-state index contributed by atoms with van der Waals surface area (Å²) in [7, 11) is 3.32. The van der Waals surface area contributed by atoms with E-state index in [1.54, 1.807) is 38.4 Å². The van der Waals surface area contributed by atoms with Gasteiger partial charge in [0.05, 0.1) is 24.3 Å². The lowest BCUT2D eigenvalue weighted by Crippen LogP contribution is -2.29. The van der Waals surface area contributed by atoms with Crippen LogP contribution in [-0.4, -0.2) is 43.9 Å². The SMILES string of the molecule is C#CCNCC(=O)Nc1ccccc1C(=O)N(C)C. The van der Waals surface area contributed by atoms with Gasteiger partial charge in [-0.15, -0.1) is 6.42 Å². The average Bonchev–Trinajstić information content (AvgIpc) is 2.38. The summed E-state index contributed by atoms with van der Waals surface area (Å²) in [5.74, 6) is 1.98. The van der Waals surface area contributed by atoms with E-state index >= 15 is 0 Å². The van der Waals surface area contributed by atoms with Gasteiger partial charge in [-0.1, -0.05) is 18.1 Å². The summed E-state index contributed by atoms with van der Waals surface area (Å²) in [6.07, 6.45) is 5.07. The molecule has 0 atom stereocenters. The van der Waals surface area contributed by atoms with Crippen LogP contribution in [-0.2, 0) is 4.79 Å². The third kappa shape index (κ3) is 4.45. The third-order valence-corrected chi connectivity index (χ3v) is 2.35. The summed E-state index contributed by atoms with van der Waals surface area (Å²) in [5, 5.41) is 5.47. The van der Waals surface area contributed by atoms with Gasteiger partial charge in [0, 0.05) is 14.1 Å². The maximum Gasteiger partial charge on any atom is 0.255 e. The highest BCUT2D eigenvalue weighted by atomic mass is 16.2. The molecule has 0 saturated heterocycles. The molecule has 100 valence electrons. The molecule has 2 N–H and O–H groups in total. The van der Waals surface area contributed by atoms with Gasteiger partial charge in [-0.2, -0.15) is 0 Å². The lowest BCUT2D eigenvalue weighted by molar-refractivity contribution is -0.115. The highest BCUT2D eigenvalue weighted by molar-refractivity contribution is 6.03. The topological polar surface area (TPSA) is 61.4 Å². The molecule has 0 saturated carbocycles. The highest BCUT2D eigenvalue weighted by Gasteiger charge is 2.14. The number of hydrogen-bond donors (Lipinski definition) is 2. The number of terminal acetylenes is 1. The molecule has 0 aliphatic rings. The molecule has 19 heavy (non-hydrogen) atoms. The van der Waals surface area contributed by atoms with Crippen LogP contribution in [0.25, 0.3) is 0 Å². The van der Waals surface area contributed by atoms with Crippen molar-refractivity contribution < 1.29 is 9.59 Å². The van der Waals surface area contributed by atoms with Crippen LogP contribution in [0.3, 0.4) is 0 Å². The van der Waals surface area contributed by atoms with E-state index in [0.717, 1.165) is 0 Å². The van der Waals surface area contributed by atoms with Crippen molar-refractivity contribution in [2.24, 2.45) is 0 Å². The van der Waals surface area contributed by atoms with Crippen LogP contribution >= 0.6 is 0 Å². The molecule has 0 aliphatic heterocycles. The first-order chi connectivity index (χ1) is 9.06. The van der Waals surface area contributed by atoms with Crippen LogP contribution in [0.1, 0.15) is 10.4 Å². The number of anilines is 1. The maximum absolute atomic E-state index is 11.9. The first-order valence-corrected chi connectivity index (χ1v) is 5.81. The molecule has 0 spiro atoms. The summed E-state index contributed by atoms with van der Waals surface area (Å²) in [6.45, 7) is 0.431. The predicted octanol–water partition coefficient (Wildman–Crippen LogP) is 0.550. The van der Waals surface area contributed by atoms with Gasteiger partial charge in [-0.05, 0) is 12.1 Å². The van der Waals surface area contributed by atoms with Gasteiger partial charge >= 0.3 is 0 Å². The van der Waals surface area contributed by atoms with Gasteiger partial charge < -0.3 is 10.2 Å². The van der Waals surface area contributed by atoms with Crippen molar-refractivity contribution in [2.45, 2.75) is 0 Å². The summed E-state index contributed by atoms with van der Waals surface area (Å²) in [6, 6.07) is 6.88. The Morgan fingerprint density at radius 2 is 2.00 bits per heavy atom. The molecular formula is C14H17N3O2. The number of benzene rings is 1. The second kappa shape index (κ2) is 7.19. The minimum Gasteiger partial charge on any atom is -0.345 e. The number of carbonyl (C=O) groups is 2. The minimum absolute atomic E-state index is 0.106. The Bertz CT molecular complexity index is 504. The van der Waals surface area contributed by atoms with Gasteiger partial charge in [-0.3, -0.25) is 14.9 Å². The minimum atomic E-state index is -0.241. The van der Waals surface area contributed by atoms with E-state index in [1.807, 2.05) is 0 Å². The number of amides is 2. The average molecular weight is 259 g/mol. The number of nitrogens with one attached hydrogen (secondary N) is 2. The fraction of sp³-hybridized carbons (Fsp3) is 0.286. The van der Waals surface area contributed by atoms with Crippen molar-refractivity contribution in [1.29, 1.82) is 0 Å². The second-order valence-electron chi connectivity index (χ2n) is 4.10. The van der Waals surface area contributed by atoms with E-state index in [9.17, 15) is 9.59 Å². The molecule has 1 aromatic rings. The van der Waals surface area contributed by atoms with E-state index in [0.29, 0.717) is 17.8 Å². The quantitative estimate of drug-likeness (QED) is 0.599. The number of rotatable bonds is 5. The molecule has 0 radical (unpaired) electrons. The standard InChI is InChI=1S/C14H17N3O2/c1-4-9-15-10-13(18)16-12-8-6-5-7-11(12)14(19)17(2)3/h1,5-8,15H,9-10H2,2-3H3,(H,16,18). The number of nitrogens with zero attached hydrogens (tertiary/aromatic N) is 1. The van der Waals surface area contributed by atoms with E-state index in [4.69, 9.17) is 6.42 Å². The molecule has 2 amide bonds. The van der Waals surface area contributed by atoms with Gasteiger partial charge in [-0.25, -0.2) is 0 Å². The third-order valence-electron chi connectivity index (χ3n) is 2.35. The van der Waals surface area contributed by atoms with Crippen LogP contribution < -0.4 is 10.6 Å². The first kappa shape index (κ1) is 14.7. The zero-order chi connectivity index (χ0) is 14.3. The van der Waals surface area contributed by atoms with Gasteiger partial charge in [0.2, 0.25) is 5.91 Å². The molecule has 0 unspecified atom stereocenters. The Labute approximate surface area is 113 Å². The monoisotopic (exact) mass is 259 g/mol. The number of carbonyl (C=O) groups excluding carboxylic acids is 2. The fourth-order valence-corrected chi connectivity index (χ4v) is 1.46. The molecule has 0 fully saturated rings. The molecular weight excluding hydrogens is 242 g/mol. The second-order valence-corrected chi connectivity index (χ2v) is 4.10. The fourth-order valence-electron chi connectivity index (χ4n) is 1.46. The molecule has 5 heteroatoms. The van der Waals surface area contributed by atoms with Crippen LogP contribution in [0.15, 0.2) is 24.3 Å². The Kier molecular flexibility index (Phi) is 5.58. The van der Waals surface area contributed by atoms with Crippen molar-refractivity contribution in [1.82, 2.24) is 10.2 Å². The van der Waals surface area contributed by atoms with E-state index in [-0.39, 0.29) is 18.4 Å². The van der Waals surface area contributed by atoms with Crippen molar-refractivity contribution in [3.05, 3.63) is 29.8 Å². The molecule has 0 heterocycles. The van der Waals surface area contributed by atoms with Crippen molar-refractivity contribution in [2.75, 3.05) is 32.5 Å². The van der Waals surface area contributed by atoms with Crippen molar-refractivity contribution in [3.63, 3.8) is 0 Å². The molecule has 0 bridgehead atoms. The Morgan fingerprint density at radius 3 is 2.63 bits per heavy atom. The number of hydrogen-bond acceptors (Lipinski definition) is 3. The van der Waals surface area contributed by atoms with E-state index in [1.165, 1.54) is 4.90 Å². The molecule has 5 nitrogen and oxygen atoms in total. The summed E-state index contributed by atoms with van der Waals surface area (Å²) < 4.78 is 0. The normalized spacial score (nSPS) is 9.53. The number of para-hydroxylation sites is 1.